The summed E-state index contributed by atoms with van der Waals surface area (Å²) < 4.78 is 1.80. The zero-order chi connectivity index (χ0) is 11.7. The highest BCUT2D eigenvalue weighted by Gasteiger charge is 2.35. The van der Waals surface area contributed by atoms with Gasteiger partial charge in [0.2, 0.25) is 0 Å². The van der Waals surface area contributed by atoms with E-state index in [2.05, 4.69) is 10.2 Å². The summed E-state index contributed by atoms with van der Waals surface area (Å²) in [4.78, 5) is 14.1. The summed E-state index contributed by atoms with van der Waals surface area (Å²) in [5.41, 5.74) is 0.105. The van der Waals surface area contributed by atoms with Crippen LogP contribution in [0.2, 0.25) is 0 Å². The van der Waals surface area contributed by atoms with Gasteiger partial charge in [-0.05, 0) is 31.0 Å². The summed E-state index contributed by atoms with van der Waals surface area (Å²) in [6, 6.07) is 5.34. The number of rotatable bonds is 3. The predicted molar refractivity (Wildman–Crippen MR) is 67.0 cm³/mol. The molecular weight excluding hydrogens is 214 g/mol. The third-order valence-electron chi connectivity index (χ3n) is 4.02. The molecule has 0 aliphatic carbocycles. The van der Waals surface area contributed by atoms with Gasteiger partial charge < -0.3 is 14.8 Å². The van der Waals surface area contributed by atoms with Crippen molar-refractivity contribution in [3.8, 4) is 0 Å². The van der Waals surface area contributed by atoms with E-state index in [1.165, 1.54) is 26.2 Å². The SMILES string of the molecule is O=c1ccccn1CCN1C[C@H]2CNC[C@H]2C1. The van der Waals surface area contributed by atoms with E-state index in [1.807, 2.05) is 12.3 Å². The van der Waals surface area contributed by atoms with Gasteiger partial charge in [0.15, 0.2) is 0 Å². The Labute approximate surface area is 101 Å². The highest BCUT2D eigenvalue weighted by atomic mass is 16.1. The van der Waals surface area contributed by atoms with Gasteiger partial charge in [-0.15, -0.1) is 0 Å². The Bertz CT molecular complexity index is 430. The van der Waals surface area contributed by atoms with E-state index in [4.69, 9.17) is 0 Å². The first-order chi connectivity index (χ1) is 8.33. The summed E-state index contributed by atoms with van der Waals surface area (Å²) in [5, 5.41) is 3.45. The largest absolute Gasteiger partial charge is 0.316 e. The van der Waals surface area contributed by atoms with Gasteiger partial charge in [-0.25, -0.2) is 0 Å². The normalized spacial score (nSPS) is 28.5. The molecule has 0 bridgehead atoms. The Hall–Kier alpha value is -1.13. The van der Waals surface area contributed by atoms with Crippen LogP contribution < -0.4 is 10.9 Å². The molecule has 2 aliphatic heterocycles. The minimum Gasteiger partial charge on any atom is -0.316 e. The van der Waals surface area contributed by atoms with Crippen molar-refractivity contribution in [2.45, 2.75) is 6.54 Å². The molecule has 1 aromatic rings. The summed E-state index contributed by atoms with van der Waals surface area (Å²) in [5.74, 6) is 1.67. The molecule has 4 heteroatoms. The lowest BCUT2D eigenvalue weighted by molar-refractivity contribution is 0.298. The Morgan fingerprint density at radius 3 is 2.65 bits per heavy atom. The molecule has 3 rings (SSSR count). The average Bonchev–Trinajstić information content (AvgIpc) is 2.88. The number of aromatic nitrogens is 1. The second-order valence-electron chi connectivity index (χ2n) is 5.17. The molecule has 0 unspecified atom stereocenters. The quantitative estimate of drug-likeness (QED) is 0.798. The molecule has 2 atom stereocenters. The molecule has 2 fully saturated rings. The Kier molecular flexibility index (Phi) is 2.99. The van der Waals surface area contributed by atoms with Crippen molar-refractivity contribution in [1.29, 1.82) is 0 Å². The number of hydrogen-bond donors (Lipinski definition) is 1. The molecule has 0 radical (unpaired) electrons. The van der Waals surface area contributed by atoms with Gasteiger partial charge in [0.05, 0.1) is 0 Å². The number of pyridine rings is 1. The number of fused-ring (bicyclic) bond motifs is 1. The van der Waals surface area contributed by atoms with Crippen LogP contribution in [0.3, 0.4) is 0 Å². The lowest BCUT2D eigenvalue weighted by atomic mass is 10.0. The molecule has 0 spiro atoms. The van der Waals surface area contributed by atoms with E-state index in [-0.39, 0.29) is 5.56 Å². The Balaban J connectivity index is 1.56. The minimum atomic E-state index is 0.105. The van der Waals surface area contributed by atoms with E-state index in [9.17, 15) is 4.79 Å². The molecule has 4 nitrogen and oxygen atoms in total. The highest BCUT2D eigenvalue weighted by molar-refractivity contribution is 4.94. The van der Waals surface area contributed by atoms with Gasteiger partial charge in [-0.3, -0.25) is 4.79 Å². The summed E-state index contributed by atoms with van der Waals surface area (Å²) in [6.07, 6.45) is 1.88. The predicted octanol–water partition coefficient (Wildman–Crippen LogP) is -0.000500. The van der Waals surface area contributed by atoms with Gasteiger partial charge in [-0.2, -0.15) is 0 Å². The topological polar surface area (TPSA) is 37.3 Å². The molecular formula is C13H19N3O. The molecule has 1 aromatic heterocycles. The molecule has 2 saturated heterocycles. The number of nitrogens with one attached hydrogen (secondary N) is 1. The second kappa shape index (κ2) is 4.63. The van der Waals surface area contributed by atoms with Crippen LogP contribution >= 0.6 is 0 Å². The van der Waals surface area contributed by atoms with Crippen molar-refractivity contribution in [2.75, 3.05) is 32.7 Å². The maximum atomic E-state index is 11.6. The second-order valence-corrected chi connectivity index (χ2v) is 5.17. The first-order valence-electron chi connectivity index (χ1n) is 6.41. The first kappa shape index (κ1) is 11.0. The fourth-order valence-electron chi connectivity index (χ4n) is 3.03. The monoisotopic (exact) mass is 233 g/mol. The van der Waals surface area contributed by atoms with Crippen LogP contribution in [0.15, 0.2) is 29.2 Å². The molecule has 0 amide bonds. The van der Waals surface area contributed by atoms with Crippen molar-refractivity contribution in [2.24, 2.45) is 11.8 Å². The molecule has 0 saturated carbocycles. The van der Waals surface area contributed by atoms with Crippen LogP contribution in [-0.2, 0) is 6.54 Å². The Morgan fingerprint density at radius 1 is 1.18 bits per heavy atom. The Morgan fingerprint density at radius 2 is 1.94 bits per heavy atom. The van der Waals surface area contributed by atoms with Crippen LogP contribution in [0.25, 0.3) is 0 Å². The maximum Gasteiger partial charge on any atom is 0.250 e. The van der Waals surface area contributed by atoms with Crippen LogP contribution in [-0.4, -0.2) is 42.2 Å². The lowest BCUT2D eigenvalue weighted by Gasteiger charge is -2.17. The molecule has 17 heavy (non-hydrogen) atoms. The molecule has 3 heterocycles. The maximum absolute atomic E-state index is 11.6. The highest BCUT2D eigenvalue weighted by Crippen LogP contribution is 2.25. The van der Waals surface area contributed by atoms with Crippen molar-refractivity contribution in [1.82, 2.24) is 14.8 Å². The average molecular weight is 233 g/mol. The third kappa shape index (κ3) is 2.28. The number of nitrogens with zero attached hydrogens (tertiary/aromatic N) is 2. The molecule has 92 valence electrons. The van der Waals surface area contributed by atoms with Crippen molar-refractivity contribution in [3.63, 3.8) is 0 Å². The van der Waals surface area contributed by atoms with Crippen LogP contribution in [0.1, 0.15) is 0 Å². The van der Waals surface area contributed by atoms with E-state index in [1.54, 1.807) is 16.7 Å². The zero-order valence-corrected chi connectivity index (χ0v) is 10.0. The van der Waals surface area contributed by atoms with E-state index >= 15 is 0 Å². The standard InChI is InChI=1S/C13H19N3O/c17-13-3-1-2-4-16(13)6-5-15-9-11-7-14-8-12(11)10-15/h1-4,11-12,14H,5-10H2/t11-,12+. The van der Waals surface area contributed by atoms with Gasteiger partial charge in [0.25, 0.3) is 5.56 Å². The van der Waals surface area contributed by atoms with E-state index in [0.29, 0.717) is 0 Å². The van der Waals surface area contributed by atoms with Gasteiger partial charge in [0.1, 0.15) is 0 Å². The molecule has 0 aromatic carbocycles. The minimum absolute atomic E-state index is 0.105. The first-order valence-corrected chi connectivity index (χ1v) is 6.41. The van der Waals surface area contributed by atoms with Crippen LogP contribution in [0.5, 0.6) is 0 Å². The van der Waals surface area contributed by atoms with Crippen molar-refractivity contribution in [3.05, 3.63) is 34.7 Å². The number of hydrogen-bond acceptors (Lipinski definition) is 3. The third-order valence-corrected chi connectivity index (χ3v) is 4.02. The van der Waals surface area contributed by atoms with Crippen LogP contribution in [0.4, 0.5) is 0 Å². The molecule has 2 aliphatic rings. The van der Waals surface area contributed by atoms with Gasteiger partial charge >= 0.3 is 0 Å². The fourth-order valence-corrected chi connectivity index (χ4v) is 3.03. The fraction of sp³-hybridized carbons (Fsp3) is 0.615. The summed E-state index contributed by atoms with van der Waals surface area (Å²) in [7, 11) is 0. The van der Waals surface area contributed by atoms with Crippen molar-refractivity contribution < 1.29 is 0 Å². The van der Waals surface area contributed by atoms with Crippen LogP contribution in [0, 0.1) is 11.8 Å². The van der Waals surface area contributed by atoms with E-state index in [0.717, 1.165) is 24.9 Å². The zero-order valence-electron chi connectivity index (χ0n) is 10.0. The smallest absolute Gasteiger partial charge is 0.250 e. The van der Waals surface area contributed by atoms with Gasteiger partial charge in [0, 0.05) is 38.4 Å². The summed E-state index contributed by atoms with van der Waals surface area (Å²) in [6.45, 7) is 6.54. The van der Waals surface area contributed by atoms with E-state index < -0.39 is 0 Å². The number of likely N-dealkylation sites (tertiary alicyclic amines) is 1. The summed E-state index contributed by atoms with van der Waals surface area (Å²) >= 11 is 0. The lowest BCUT2D eigenvalue weighted by Crippen LogP contribution is -2.31. The molecule has 1 N–H and O–H groups in total. The van der Waals surface area contributed by atoms with Gasteiger partial charge in [-0.1, -0.05) is 6.07 Å². The van der Waals surface area contributed by atoms with Crippen molar-refractivity contribution >= 4 is 0 Å².